The molecular formula is C26H30ClN7O4. The van der Waals surface area contributed by atoms with E-state index in [4.69, 9.17) is 30.8 Å². The van der Waals surface area contributed by atoms with Crippen LogP contribution in [-0.4, -0.2) is 70.0 Å². The van der Waals surface area contributed by atoms with Gasteiger partial charge in [-0.1, -0.05) is 11.6 Å². The summed E-state index contributed by atoms with van der Waals surface area (Å²) in [6, 6.07) is 5.06. The number of carbonyl (C=O) groups is 1. The monoisotopic (exact) mass is 539 g/mol. The van der Waals surface area contributed by atoms with Crippen LogP contribution in [0.5, 0.6) is 5.88 Å². The zero-order valence-electron chi connectivity index (χ0n) is 21.6. The van der Waals surface area contributed by atoms with Gasteiger partial charge in [-0.15, -0.1) is 0 Å². The summed E-state index contributed by atoms with van der Waals surface area (Å²) < 4.78 is 19.0. The lowest BCUT2D eigenvalue weighted by Crippen LogP contribution is -2.48. The summed E-state index contributed by atoms with van der Waals surface area (Å²) in [4.78, 5) is 26.8. The van der Waals surface area contributed by atoms with Crippen LogP contribution in [-0.2, 0) is 16.0 Å². The Morgan fingerprint density at radius 3 is 2.97 bits per heavy atom. The molecule has 0 aliphatic carbocycles. The van der Waals surface area contributed by atoms with Crippen molar-refractivity contribution >= 4 is 34.8 Å². The largest absolute Gasteiger partial charge is 0.475 e. The van der Waals surface area contributed by atoms with Gasteiger partial charge in [-0.25, -0.2) is 14.8 Å². The van der Waals surface area contributed by atoms with Crippen LogP contribution in [0, 0.1) is 0 Å². The molecule has 3 aliphatic heterocycles. The highest BCUT2D eigenvalue weighted by molar-refractivity contribution is 6.33. The standard InChI is InChI=1S/C26H30ClN7O4/c1-4-33-12-16(11-29-33)23-20(27)10-21-24(31-23)34(18-6-8-32(21)13-18)25(35)30-17-5-7-28-22(9-17)36-14-19-15-37-26(2,3)38-19/h5,7,9-12,18-19H,4,6,8,13-15H2,1-3H3,(H,28,30,35)/t18-,19?/m0/s1. The summed E-state index contributed by atoms with van der Waals surface area (Å²) in [6.07, 6.45) is 5.91. The Morgan fingerprint density at radius 2 is 2.21 bits per heavy atom. The number of carbonyl (C=O) groups excluding carboxylic acids is 1. The normalized spacial score (nSPS) is 21.5. The van der Waals surface area contributed by atoms with Crippen LogP contribution in [0.4, 0.5) is 22.0 Å². The first kappa shape index (κ1) is 24.9. The molecule has 0 aromatic carbocycles. The second-order valence-electron chi connectivity index (χ2n) is 10.1. The summed E-state index contributed by atoms with van der Waals surface area (Å²) in [5.41, 5.74) is 2.84. The Bertz CT molecular complexity index is 1360. The van der Waals surface area contributed by atoms with Crippen LogP contribution in [0.2, 0.25) is 5.02 Å². The number of pyridine rings is 2. The smallest absolute Gasteiger partial charge is 0.327 e. The molecule has 2 bridgehead atoms. The van der Waals surface area contributed by atoms with Gasteiger partial charge in [0.1, 0.15) is 12.7 Å². The molecule has 3 aromatic rings. The van der Waals surface area contributed by atoms with Gasteiger partial charge in [0.25, 0.3) is 0 Å². The van der Waals surface area contributed by atoms with Crippen molar-refractivity contribution in [3.8, 4) is 17.1 Å². The van der Waals surface area contributed by atoms with Crippen molar-refractivity contribution in [1.29, 1.82) is 0 Å². The number of halogens is 1. The van der Waals surface area contributed by atoms with E-state index in [2.05, 4.69) is 20.3 Å². The highest BCUT2D eigenvalue weighted by Gasteiger charge is 2.41. The van der Waals surface area contributed by atoms with Crippen LogP contribution in [0.25, 0.3) is 11.3 Å². The van der Waals surface area contributed by atoms with E-state index in [0.29, 0.717) is 41.3 Å². The van der Waals surface area contributed by atoms with E-state index in [1.54, 1.807) is 29.4 Å². The first-order chi connectivity index (χ1) is 18.3. The van der Waals surface area contributed by atoms with E-state index >= 15 is 0 Å². The third kappa shape index (κ3) is 4.77. The number of hydrogen-bond acceptors (Lipinski definition) is 8. The lowest BCUT2D eigenvalue weighted by molar-refractivity contribution is -0.141. The van der Waals surface area contributed by atoms with Crippen molar-refractivity contribution in [2.45, 2.75) is 51.7 Å². The molecule has 0 spiro atoms. The molecule has 3 aliphatic rings. The number of urea groups is 1. The summed E-state index contributed by atoms with van der Waals surface area (Å²) in [6.45, 7) is 8.82. The predicted molar refractivity (Wildman–Crippen MR) is 143 cm³/mol. The first-order valence-corrected chi connectivity index (χ1v) is 13.2. The molecule has 0 saturated carbocycles. The van der Waals surface area contributed by atoms with Crippen LogP contribution in [0.3, 0.4) is 0 Å². The number of aromatic nitrogens is 4. The zero-order chi connectivity index (χ0) is 26.4. The van der Waals surface area contributed by atoms with E-state index in [1.807, 2.05) is 37.7 Å². The topological polar surface area (TPSA) is 107 Å². The second kappa shape index (κ2) is 9.72. The molecule has 0 radical (unpaired) electrons. The molecule has 1 N–H and O–H groups in total. The van der Waals surface area contributed by atoms with E-state index < -0.39 is 5.79 Å². The highest BCUT2D eigenvalue weighted by atomic mass is 35.5. The number of anilines is 3. The summed E-state index contributed by atoms with van der Waals surface area (Å²) >= 11 is 6.67. The number of aryl methyl sites for hydroxylation is 1. The highest BCUT2D eigenvalue weighted by Crippen LogP contribution is 2.43. The predicted octanol–water partition coefficient (Wildman–Crippen LogP) is 4.17. The number of nitrogens with one attached hydrogen (secondary N) is 1. The van der Waals surface area contributed by atoms with Gasteiger partial charge in [0, 0.05) is 49.3 Å². The van der Waals surface area contributed by atoms with Crippen LogP contribution in [0.15, 0.2) is 36.8 Å². The fourth-order valence-corrected chi connectivity index (χ4v) is 5.38. The van der Waals surface area contributed by atoms with E-state index in [1.165, 1.54) is 0 Å². The van der Waals surface area contributed by atoms with Crippen LogP contribution >= 0.6 is 11.6 Å². The number of fused-ring (bicyclic) bond motifs is 4. The number of rotatable bonds is 6. The lowest BCUT2D eigenvalue weighted by atomic mass is 10.1. The van der Waals surface area contributed by atoms with Crippen molar-refractivity contribution in [1.82, 2.24) is 19.7 Å². The zero-order valence-corrected chi connectivity index (χ0v) is 22.3. The molecular weight excluding hydrogens is 510 g/mol. The molecule has 1 unspecified atom stereocenters. The molecule has 38 heavy (non-hydrogen) atoms. The maximum absolute atomic E-state index is 13.7. The fourth-order valence-electron chi connectivity index (χ4n) is 5.12. The molecule has 2 atom stereocenters. The van der Waals surface area contributed by atoms with Crippen molar-refractivity contribution in [3.63, 3.8) is 0 Å². The van der Waals surface area contributed by atoms with Gasteiger partial charge < -0.3 is 24.4 Å². The van der Waals surface area contributed by atoms with Crippen molar-refractivity contribution in [3.05, 3.63) is 41.8 Å². The molecule has 12 heteroatoms. The van der Waals surface area contributed by atoms with E-state index in [0.717, 1.165) is 37.3 Å². The average Bonchev–Trinajstić information content (AvgIpc) is 3.62. The van der Waals surface area contributed by atoms with Gasteiger partial charge in [0.15, 0.2) is 11.6 Å². The van der Waals surface area contributed by atoms with Gasteiger partial charge in [-0.3, -0.25) is 9.58 Å². The van der Waals surface area contributed by atoms with Gasteiger partial charge in [-0.2, -0.15) is 5.10 Å². The fraction of sp³-hybridized carbons (Fsp3) is 0.462. The summed E-state index contributed by atoms with van der Waals surface area (Å²) in [5, 5.41) is 7.89. The van der Waals surface area contributed by atoms with Crippen molar-refractivity contribution in [2.24, 2.45) is 0 Å². The van der Waals surface area contributed by atoms with Gasteiger partial charge in [-0.05, 0) is 39.3 Å². The Kier molecular flexibility index (Phi) is 6.37. The molecule has 2 amide bonds. The minimum absolute atomic E-state index is 0.00261. The number of ether oxygens (including phenoxy) is 3. The molecule has 2 saturated heterocycles. The number of nitrogens with zero attached hydrogens (tertiary/aromatic N) is 6. The van der Waals surface area contributed by atoms with Gasteiger partial charge >= 0.3 is 6.03 Å². The van der Waals surface area contributed by atoms with Crippen molar-refractivity contribution in [2.75, 3.05) is 41.4 Å². The van der Waals surface area contributed by atoms with E-state index in [-0.39, 0.29) is 18.2 Å². The first-order valence-electron chi connectivity index (χ1n) is 12.8. The maximum Gasteiger partial charge on any atom is 0.327 e. The molecule has 3 aromatic heterocycles. The minimum atomic E-state index is -0.619. The van der Waals surface area contributed by atoms with Gasteiger partial charge in [0.2, 0.25) is 5.88 Å². The lowest BCUT2D eigenvalue weighted by Gasteiger charge is -2.36. The third-order valence-corrected chi connectivity index (χ3v) is 7.24. The Labute approximate surface area is 225 Å². The van der Waals surface area contributed by atoms with Crippen LogP contribution < -0.4 is 19.9 Å². The molecule has 6 heterocycles. The maximum atomic E-state index is 13.7. The molecule has 2 fully saturated rings. The number of hydrogen-bond donors (Lipinski definition) is 1. The van der Waals surface area contributed by atoms with E-state index in [9.17, 15) is 4.79 Å². The average molecular weight is 540 g/mol. The van der Waals surface area contributed by atoms with Crippen LogP contribution in [0.1, 0.15) is 27.2 Å². The summed E-state index contributed by atoms with van der Waals surface area (Å²) in [7, 11) is 0. The minimum Gasteiger partial charge on any atom is -0.475 e. The molecule has 6 rings (SSSR count). The Balaban J connectivity index is 1.22. The van der Waals surface area contributed by atoms with Gasteiger partial charge in [0.05, 0.1) is 35.2 Å². The molecule has 200 valence electrons. The third-order valence-electron chi connectivity index (χ3n) is 6.95. The number of amides is 2. The second-order valence-corrected chi connectivity index (χ2v) is 10.5. The van der Waals surface area contributed by atoms with Crippen molar-refractivity contribution < 1.29 is 19.0 Å². The molecule has 11 nitrogen and oxygen atoms in total. The summed E-state index contributed by atoms with van der Waals surface area (Å²) in [5.74, 6) is 0.362. The SMILES string of the molecule is CCn1cc(-c2nc3c(cc2Cl)N2CC[C@@H](C2)N3C(=O)Nc2ccnc(OCC3COC(C)(C)O3)c2)cn1. The Hall–Kier alpha value is -3.41. The quantitative estimate of drug-likeness (QED) is 0.497. The Morgan fingerprint density at radius 1 is 1.34 bits per heavy atom.